The van der Waals surface area contributed by atoms with Gasteiger partial charge < -0.3 is 37.4 Å². The molecule has 0 radical (unpaired) electrons. The van der Waals surface area contributed by atoms with Crippen LogP contribution in [-0.2, 0) is 24.0 Å². The van der Waals surface area contributed by atoms with Crippen LogP contribution >= 0.6 is 0 Å². The molecule has 0 aromatic rings. The number of hydrogen-bond acceptors (Lipinski definition) is 7. The van der Waals surface area contributed by atoms with E-state index < -0.39 is 67.2 Å². The van der Waals surface area contributed by atoms with Crippen molar-refractivity contribution < 1.29 is 39.3 Å². The zero-order chi connectivity index (χ0) is 18.9. The Morgan fingerprint density at radius 1 is 0.958 bits per heavy atom. The molecule has 0 saturated heterocycles. The molecule has 0 spiro atoms. The third-order valence-corrected chi connectivity index (χ3v) is 2.83. The van der Waals surface area contributed by atoms with Gasteiger partial charge in [0.2, 0.25) is 17.7 Å². The maximum Gasteiger partial charge on any atom is 0.328 e. The van der Waals surface area contributed by atoms with Crippen molar-refractivity contribution in [2.75, 3.05) is 6.61 Å². The number of aliphatic hydroxyl groups excluding tert-OH is 1. The molecule has 3 atom stereocenters. The average Bonchev–Trinajstić information content (AvgIpc) is 2.46. The van der Waals surface area contributed by atoms with Crippen molar-refractivity contribution in [1.29, 1.82) is 0 Å². The Balaban J connectivity index is 4.98. The largest absolute Gasteiger partial charge is 0.481 e. The molecule has 0 rings (SSSR count). The lowest BCUT2D eigenvalue weighted by Gasteiger charge is -2.21. The molecule has 0 aliphatic rings. The van der Waals surface area contributed by atoms with Gasteiger partial charge in [0.05, 0.1) is 19.1 Å². The normalized spacial score (nSPS) is 14.1. The first-order valence-corrected chi connectivity index (χ1v) is 6.78. The van der Waals surface area contributed by atoms with Gasteiger partial charge in [0.1, 0.15) is 12.1 Å². The molecule has 12 heteroatoms. The predicted molar refractivity (Wildman–Crippen MR) is 77.2 cm³/mol. The van der Waals surface area contributed by atoms with Crippen molar-refractivity contribution in [1.82, 2.24) is 10.6 Å². The van der Waals surface area contributed by atoms with Crippen molar-refractivity contribution in [2.45, 2.75) is 37.4 Å². The first-order chi connectivity index (χ1) is 11.1. The number of primary amides is 1. The van der Waals surface area contributed by atoms with Crippen LogP contribution in [0.15, 0.2) is 0 Å². The first kappa shape index (κ1) is 21.3. The molecule has 24 heavy (non-hydrogen) atoms. The van der Waals surface area contributed by atoms with Crippen molar-refractivity contribution in [3.05, 3.63) is 0 Å². The first-order valence-electron chi connectivity index (χ1n) is 6.78. The van der Waals surface area contributed by atoms with Crippen LogP contribution in [0.1, 0.15) is 19.3 Å². The molecule has 0 fully saturated rings. The van der Waals surface area contributed by atoms with Crippen LogP contribution in [0.2, 0.25) is 0 Å². The lowest BCUT2D eigenvalue weighted by Crippen LogP contribution is -2.55. The topological polar surface area (TPSA) is 222 Å². The van der Waals surface area contributed by atoms with E-state index in [9.17, 15) is 24.0 Å². The maximum atomic E-state index is 12.0. The molecular weight excluding hydrogens is 328 g/mol. The van der Waals surface area contributed by atoms with Gasteiger partial charge in [0.15, 0.2) is 0 Å². The number of nitrogens with one attached hydrogen (secondary N) is 2. The Kier molecular flexibility index (Phi) is 8.97. The third-order valence-electron chi connectivity index (χ3n) is 2.83. The van der Waals surface area contributed by atoms with Crippen molar-refractivity contribution in [2.24, 2.45) is 11.5 Å². The minimum absolute atomic E-state index is 0.353. The number of amides is 3. The smallest absolute Gasteiger partial charge is 0.328 e. The van der Waals surface area contributed by atoms with Crippen molar-refractivity contribution >= 4 is 29.7 Å². The second kappa shape index (κ2) is 10.1. The van der Waals surface area contributed by atoms with Crippen LogP contribution in [0.3, 0.4) is 0 Å². The summed E-state index contributed by atoms with van der Waals surface area (Å²) in [7, 11) is 0. The summed E-state index contributed by atoms with van der Waals surface area (Å²) in [5.74, 6) is -5.57. The van der Waals surface area contributed by atoms with Gasteiger partial charge in [-0.2, -0.15) is 0 Å². The fraction of sp³-hybridized carbons (Fsp3) is 0.583. The van der Waals surface area contributed by atoms with Crippen LogP contribution in [0.25, 0.3) is 0 Å². The predicted octanol–water partition coefficient (Wildman–Crippen LogP) is -3.90. The molecule has 0 heterocycles. The van der Waals surface area contributed by atoms with Gasteiger partial charge >= 0.3 is 11.9 Å². The van der Waals surface area contributed by atoms with E-state index in [0.29, 0.717) is 0 Å². The summed E-state index contributed by atoms with van der Waals surface area (Å²) in [4.78, 5) is 55.9. The number of aliphatic hydroxyl groups is 1. The summed E-state index contributed by atoms with van der Waals surface area (Å²) >= 11 is 0. The molecule has 3 amide bonds. The van der Waals surface area contributed by atoms with E-state index in [1.807, 2.05) is 5.32 Å². The molecule has 0 bridgehead atoms. The summed E-state index contributed by atoms with van der Waals surface area (Å²) in [6.07, 6.45) is -1.35. The molecule has 0 unspecified atom stereocenters. The highest BCUT2D eigenvalue weighted by atomic mass is 16.4. The number of carboxylic acid groups (broad SMARTS) is 2. The molecule has 0 aromatic heterocycles. The highest BCUT2D eigenvalue weighted by Gasteiger charge is 2.28. The zero-order valence-electron chi connectivity index (χ0n) is 12.6. The van der Waals surface area contributed by atoms with E-state index in [4.69, 9.17) is 26.8 Å². The summed E-state index contributed by atoms with van der Waals surface area (Å²) < 4.78 is 0. The monoisotopic (exact) mass is 348 g/mol. The van der Waals surface area contributed by atoms with Gasteiger partial charge in [-0.05, 0) is 6.42 Å². The van der Waals surface area contributed by atoms with Gasteiger partial charge in [-0.15, -0.1) is 0 Å². The lowest BCUT2D eigenvalue weighted by molar-refractivity contribution is -0.144. The summed E-state index contributed by atoms with van der Waals surface area (Å²) in [5, 5.41) is 30.4. The van der Waals surface area contributed by atoms with Crippen LogP contribution in [-0.4, -0.2) is 69.7 Å². The number of carbonyl (C=O) groups excluding carboxylic acids is 3. The fourth-order valence-corrected chi connectivity index (χ4v) is 1.58. The maximum absolute atomic E-state index is 12.0. The summed E-state index contributed by atoms with van der Waals surface area (Å²) in [5.41, 5.74) is 10.3. The third kappa shape index (κ3) is 8.05. The number of nitrogens with two attached hydrogens (primary N) is 2. The lowest BCUT2D eigenvalue weighted by atomic mass is 10.1. The Morgan fingerprint density at radius 2 is 1.50 bits per heavy atom. The molecule has 9 N–H and O–H groups in total. The molecule has 0 aliphatic carbocycles. The van der Waals surface area contributed by atoms with Crippen LogP contribution in [0.4, 0.5) is 0 Å². The van der Waals surface area contributed by atoms with E-state index in [-0.39, 0.29) is 6.42 Å². The van der Waals surface area contributed by atoms with Crippen LogP contribution in [0, 0.1) is 0 Å². The number of aliphatic carboxylic acids is 2. The second-order valence-corrected chi connectivity index (χ2v) is 4.85. The SMILES string of the molecule is NC(=O)C[C@H](N)C(=O)N[C@@H](CCC(=O)O)C(=O)N[C@@H](CO)C(=O)O. The number of carboxylic acids is 2. The Hall–Kier alpha value is -2.73. The second-order valence-electron chi connectivity index (χ2n) is 4.85. The van der Waals surface area contributed by atoms with Gasteiger partial charge in [0.25, 0.3) is 0 Å². The highest BCUT2D eigenvalue weighted by molar-refractivity contribution is 5.93. The van der Waals surface area contributed by atoms with E-state index >= 15 is 0 Å². The van der Waals surface area contributed by atoms with Gasteiger partial charge in [-0.3, -0.25) is 19.2 Å². The number of carbonyl (C=O) groups is 5. The van der Waals surface area contributed by atoms with Crippen molar-refractivity contribution in [3.63, 3.8) is 0 Å². The summed E-state index contributed by atoms with van der Waals surface area (Å²) in [6.45, 7) is -0.901. The summed E-state index contributed by atoms with van der Waals surface area (Å²) in [6, 6.07) is -4.39. The Labute approximate surface area is 136 Å². The van der Waals surface area contributed by atoms with E-state index in [1.54, 1.807) is 0 Å². The average molecular weight is 348 g/mol. The molecule has 12 nitrogen and oxygen atoms in total. The molecule has 0 saturated carbocycles. The molecule has 136 valence electrons. The zero-order valence-corrected chi connectivity index (χ0v) is 12.6. The standard InChI is InChI=1S/C12H20N4O8/c13-5(3-8(14)18)10(21)15-6(1-2-9(19)20)11(22)16-7(4-17)12(23)24/h5-7,17H,1-4,13H2,(H2,14,18)(H,15,21)(H,16,22)(H,19,20)(H,23,24)/t5-,6-,7-/m0/s1. The Bertz CT molecular complexity index is 509. The number of rotatable bonds is 11. The quantitative estimate of drug-likeness (QED) is 0.193. The van der Waals surface area contributed by atoms with E-state index in [2.05, 4.69) is 5.32 Å². The van der Waals surface area contributed by atoms with E-state index in [0.717, 1.165) is 0 Å². The Morgan fingerprint density at radius 3 is 1.92 bits per heavy atom. The van der Waals surface area contributed by atoms with Gasteiger partial charge in [0, 0.05) is 6.42 Å². The van der Waals surface area contributed by atoms with Gasteiger partial charge in [-0.25, -0.2) is 4.79 Å². The van der Waals surface area contributed by atoms with E-state index in [1.165, 1.54) is 0 Å². The minimum Gasteiger partial charge on any atom is -0.481 e. The molecule has 0 aliphatic heterocycles. The van der Waals surface area contributed by atoms with Crippen molar-refractivity contribution in [3.8, 4) is 0 Å². The van der Waals surface area contributed by atoms with Crippen LogP contribution < -0.4 is 22.1 Å². The highest BCUT2D eigenvalue weighted by Crippen LogP contribution is 2.01. The van der Waals surface area contributed by atoms with Gasteiger partial charge in [-0.1, -0.05) is 0 Å². The van der Waals surface area contributed by atoms with Crippen LogP contribution in [0.5, 0.6) is 0 Å². The number of hydrogen-bond donors (Lipinski definition) is 7. The minimum atomic E-state index is -1.62. The molecule has 0 aromatic carbocycles. The fourth-order valence-electron chi connectivity index (χ4n) is 1.58. The molecular formula is C12H20N4O8.